The molecule has 1 heterocycles. The van der Waals surface area contributed by atoms with Crippen molar-refractivity contribution >= 4 is 5.97 Å². The van der Waals surface area contributed by atoms with Crippen LogP contribution in [0.25, 0.3) is 0 Å². The molecule has 1 aromatic carbocycles. The van der Waals surface area contributed by atoms with E-state index >= 15 is 0 Å². The van der Waals surface area contributed by atoms with Crippen molar-refractivity contribution in [3.05, 3.63) is 60.2 Å². The number of carbonyl (C=O) groups is 1. The van der Waals surface area contributed by atoms with E-state index in [1.165, 1.54) is 24.3 Å². The van der Waals surface area contributed by atoms with Crippen LogP contribution >= 0.6 is 0 Å². The quantitative estimate of drug-likeness (QED) is 0.579. The number of benzene rings is 1. The van der Waals surface area contributed by atoms with Crippen molar-refractivity contribution in [2.75, 3.05) is 6.61 Å². The minimum Gasteiger partial charge on any atom is -0.476 e. The van der Waals surface area contributed by atoms with Crippen molar-refractivity contribution in [2.45, 2.75) is 32.3 Å². The molecule has 0 amide bonds. The molecule has 0 saturated carbocycles. The fourth-order valence-electron chi connectivity index (χ4n) is 2.00. The predicted octanol–water partition coefficient (Wildman–Crippen LogP) is 3.55. The number of rotatable bonds is 7. The van der Waals surface area contributed by atoms with Gasteiger partial charge in [0.1, 0.15) is 11.6 Å². The van der Waals surface area contributed by atoms with Crippen molar-refractivity contribution in [3.63, 3.8) is 0 Å². The summed E-state index contributed by atoms with van der Waals surface area (Å²) in [4.78, 5) is 16.1. The highest BCUT2D eigenvalue weighted by molar-refractivity contribution is 5.79. The van der Waals surface area contributed by atoms with Gasteiger partial charge in [-0.15, -0.1) is 0 Å². The maximum atomic E-state index is 12.9. The summed E-state index contributed by atoms with van der Waals surface area (Å²) in [5.74, 6) is -0.379. The minimum absolute atomic E-state index is 0.317. The lowest BCUT2D eigenvalue weighted by atomic mass is 10.1. The van der Waals surface area contributed by atoms with Gasteiger partial charge in [0.05, 0.1) is 6.61 Å². The minimum atomic E-state index is -1.13. The standard InChI is InChI=1S/C18H20FNO3/c1-18(2,23-16-7-5-15(19)6-8-16)17(21)22-13-3-4-14-9-11-20-12-10-14/h5-12H,3-4,13H2,1-2H3. The fraction of sp³-hybridized carbons (Fsp3) is 0.333. The lowest BCUT2D eigenvalue weighted by molar-refractivity contribution is -0.159. The van der Waals surface area contributed by atoms with Gasteiger partial charge in [-0.05, 0) is 68.7 Å². The molecule has 0 saturated heterocycles. The summed E-state index contributed by atoms with van der Waals surface area (Å²) < 4.78 is 23.7. The van der Waals surface area contributed by atoms with Crippen molar-refractivity contribution in [1.29, 1.82) is 0 Å². The Labute approximate surface area is 135 Å². The summed E-state index contributed by atoms with van der Waals surface area (Å²) >= 11 is 0. The third kappa shape index (κ3) is 5.36. The van der Waals surface area contributed by atoms with Crippen molar-refractivity contribution in [3.8, 4) is 5.75 Å². The number of hydrogen-bond donors (Lipinski definition) is 0. The van der Waals surface area contributed by atoms with E-state index in [0.29, 0.717) is 12.4 Å². The van der Waals surface area contributed by atoms with E-state index in [4.69, 9.17) is 9.47 Å². The van der Waals surface area contributed by atoms with Gasteiger partial charge in [0, 0.05) is 12.4 Å². The van der Waals surface area contributed by atoms with Gasteiger partial charge in [-0.2, -0.15) is 0 Å². The normalized spacial score (nSPS) is 11.1. The number of carbonyl (C=O) groups excluding carboxylic acids is 1. The van der Waals surface area contributed by atoms with Gasteiger partial charge >= 0.3 is 5.97 Å². The molecule has 2 rings (SSSR count). The largest absolute Gasteiger partial charge is 0.476 e. The van der Waals surface area contributed by atoms with Crippen LogP contribution in [0.3, 0.4) is 0 Å². The van der Waals surface area contributed by atoms with Gasteiger partial charge in [0.25, 0.3) is 0 Å². The molecular formula is C18H20FNO3. The average Bonchev–Trinajstić information content (AvgIpc) is 2.54. The van der Waals surface area contributed by atoms with Crippen LogP contribution in [-0.4, -0.2) is 23.2 Å². The van der Waals surface area contributed by atoms with Gasteiger partial charge in [0.2, 0.25) is 0 Å². The molecule has 0 N–H and O–H groups in total. The van der Waals surface area contributed by atoms with Crippen LogP contribution < -0.4 is 4.74 Å². The van der Waals surface area contributed by atoms with E-state index in [1.807, 2.05) is 12.1 Å². The molecule has 0 spiro atoms. The number of aromatic nitrogens is 1. The molecule has 0 atom stereocenters. The van der Waals surface area contributed by atoms with Gasteiger partial charge in [0.15, 0.2) is 5.60 Å². The van der Waals surface area contributed by atoms with Gasteiger partial charge in [-0.1, -0.05) is 0 Å². The van der Waals surface area contributed by atoms with E-state index in [2.05, 4.69) is 4.98 Å². The molecule has 4 nitrogen and oxygen atoms in total. The zero-order chi connectivity index (χ0) is 16.7. The number of hydrogen-bond acceptors (Lipinski definition) is 4. The summed E-state index contributed by atoms with van der Waals surface area (Å²) in [5.41, 5.74) is 0.0203. The Balaban J connectivity index is 1.78. The molecule has 0 bridgehead atoms. The Morgan fingerprint density at radius 1 is 1.13 bits per heavy atom. The molecule has 0 radical (unpaired) electrons. The molecule has 23 heavy (non-hydrogen) atoms. The van der Waals surface area contributed by atoms with Crippen LogP contribution in [-0.2, 0) is 16.0 Å². The van der Waals surface area contributed by atoms with E-state index in [-0.39, 0.29) is 5.82 Å². The highest BCUT2D eigenvalue weighted by Crippen LogP contribution is 2.20. The number of pyridine rings is 1. The number of halogens is 1. The van der Waals surface area contributed by atoms with Crippen LogP contribution in [0.15, 0.2) is 48.8 Å². The maximum Gasteiger partial charge on any atom is 0.349 e. The van der Waals surface area contributed by atoms with Crippen molar-refractivity contribution < 1.29 is 18.7 Å². The van der Waals surface area contributed by atoms with Crippen LogP contribution in [0.5, 0.6) is 5.75 Å². The zero-order valence-electron chi connectivity index (χ0n) is 13.3. The summed E-state index contributed by atoms with van der Waals surface area (Å²) in [6, 6.07) is 9.39. The predicted molar refractivity (Wildman–Crippen MR) is 84.6 cm³/mol. The summed E-state index contributed by atoms with van der Waals surface area (Å²) in [5, 5.41) is 0. The first-order valence-electron chi connectivity index (χ1n) is 7.48. The molecule has 0 fully saturated rings. The lowest BCUT2D eigenvalue weighted by Gasteiger charge is -2.24. The molecule has 2 aromatic rings. The van der Waals surface area contributed by atoms with Gasteiger partial charge in [-0.3, -0.25) is 4.98 Å². The summed E-state index contributed by atoms with van der Waals surface area (Å²) in [6.45, 7) is 3.57. The van der Waals surface area contributed by atoms with Crippen molar-refractivity contribution in [1.82, 2.24) is 4.98 Å². The third-order valence-corrected chi connectivity index (χ3v) is 3.27. The summed E-state index contributed by atoms with van der Waals surface area (Å²) in [7, 11) is 0. The lowest BCUT2D eigenvalue weighted by Crippen LogP contribution is -2.39. The highest BCUT2D eigenvalue weighted by Gasteiger charge is 2.31. The Bertz CT molecular complexity index is 626. The first-order chi connectivity index (χ1) is 11.0. The second-order valence-corrected chi connectivity index (χ2v) is 5.66. The smallest absolute Gasteiger partial charge is 0.349 e. The fourth-order valence-corrected chi connectivity index (χ4v) is 2.00. The van der Waals surface area contributed by atoms with E-state index in [1.54, 1.807) is 26.2 Å². The molecular weight excluding hydrogens is 297 g/mol. The zero-order valence-corrected chi connectivity index (χ0v) is 13.3. The molecule has 1 aromatic heterocycles. The Morgan fingerprint density at radius 3 is 2.43 bits per heavy atom. The van der Waals surface area contributed by atoms with Crippen LogP contribution in [0.4, 0.5) is 4.39 Å². The molecule has 122 valence electrons. The van der Waals surface area contributed by atoms with Crippen LogP contribution in [0, 0.1) is 5.82 Å². The Kier molecular flexibility index (Phi) is 5.68. The highest BCUT2D eigenvalue weighted by atomic mass is 19.1. The first kappa shape index (κ1) is 16.9. The van der Waals surface area contributed by atoms with E-state index in [0.717, 1.165) is 18.4 Å². The van der Waals surface area contributed by atoms with E-state index in [9.17, 15) is 9.18 Å². The van der Waals surface area contributed by atoms with Gasteiger partial charge < -0.3 is 9.47 Å². The second-order valence-electron chi connectivity index (χ2n) is 5.66. The Morgan fingerprint density at radius 2 is 1.78 bits per heavy atom. The molecule has 0 aliphatic carbocycles. The average molecular weight is 317 g/mol. The Hall–Kier alpha value is -2.43. The van der Waals surface area contributed by atoms with Crippen LogP contribution in [0.2, 0.25) is 0 Å². The van der Waals surface area contributed by atoms with E-state index < -0.39 is 11.6 Å². The number of ether oxygens (including phenoxy) is 2. The topological polar surface area (TPSA) is 48.4 Å². The first-order valence-corrected chi connectivity index (χ1v) is 7.48. The second kappa shape index (κ2) is 7.72. The van der Waals surface area contributed by atoms with Crippen LogP contribution in [0.1, 0.15) is 25.8 Å². The summed E-state index contributed by atoms with van der Waals surface area (Å²) in [6.07, 6.45) is 5.01. The third-order valence-electron chi connectivity index (χ3n) is 3.27. The number of nitrogens with zero attached hydrogens (tertiary/aromatic N) is 1. The molecule has 0 aliphatic heterocycles. The number of esters is 1. The SMILES string of the molecule is CC(C)(Oc1ccc(F)cc1)C(=O)OCCCc1ccncc1. The maximum absolute atomic E-state index is 12.9. The molecule has 0 unspecified atom stereocenters. The monoisotopic (exact) mass is 317 g/mol. The number of aryl methyl sites for hydroxylation is 1. The molecule has 5 heteroatoms. The molecule has 0 aliphatic rings. The van der Waals surface area contributed by atoms with Gasteiger partial charge in [-0.25, -0.2) is 9.18 Å². The van der Waals surface area contributed by atoms with Crippen molar-refractivity contribution in [2.24, 2.45) is 0 Å².